The van der Waals surface area contributed by atoms with Gasteiger partial charge in [-0.2, -0.15) is 13.2 Å². The number of thiocarbonyl (C=S) groups is 1. The summed E-state index contributed by atoms with van der Waals surface area (Å²) in [5.41, 5.74) is -0.727. The summed E-state index contributed by atoms with van der Waals surface area (Å²) in [6, 6.07) is 9.49. The summed E-state index contributed by atoms with van der Waals surface area (Å²) in [5.74, 6) is 0.726. The number of hydrogen-bond acceptors (Lipinski definition) is 5. The largest absolute Gasteiger partial charge is 0.467 e. The van der Waals surface area contributed by atoms with Gasteiger partial charge in [-0.1, -0.05) is 35.6 Å². The van der Waals surface area contributed by atoms with Crippen LogP contribution in [0.15, 0.2) is 62.5 Å². The number of halogens is 4. The van der Waals surface area contributed by atoms with Gasteiger partial charge in [0, 0.05) is 11.6 Å². The number of hydrogen-bond donors (Lipinski definition) is 0. The molecule has 2 aromatic heterocycles. The Kier molecular flexibility index (Phi) is 5.52. The molecule has 0 unspecified atom stereocenters. The Morgan fingerprint density at radius 3 is 2.70 bits per heavy atom. The number of thioether (sulfide) groups is 1. The van der Waals surface area contributed by atoms with Crippen LogP contribution in [-0.4, -0.2) is 15.1 Å². The first-order valence-electron chi connectivity index (χ1n) is 8.47. The topological polar surface area (TPSA) is 46.6 Å². The van der Waals surface area contributed by atoms with Gasteiger partial charge in [-0.25, -0.2) is 0 Å². The summed E-state index contributed by atoms with van der Waals surface area (Å²) in [7, 11) is 0. The number of rotatable bonds is 4. The molecule has 4 rings (SSSR count). The highest BCUT2D eigenvalue weighted by Gasteiger charge is 2.33. The molecular weight excluding hydrogens is 459 g/mol. The third-order valence-electron chi connectivity index (χ3n) is 4.23. The highest BCUT2D eigenvalue weighted by Crippen LogP contribution is 2.38. The van der Waals surface area contributed by atoms with Crippen molar-refractivity contribution in [2.45, 2.75) is 12.7 Å². The van der Waals surface area contributed by atoms with Crippen molar-refractivity contribution < 1.29 is 26.8 Å². The smallest absolute Gasteiger partial charge is 0.416 e. The van der Waals surface area contributed by atoms with Crippen LogP contribution in [0.1, 0.15) is 17.1 Å². The van der Waals surface area contributed by atoms with Crippen molar-refractivity contribution in [2.24, 2.45) is 0 Å². The van der Waals surface area contributed by atoms with Crippen LogP contribution in [-0.2, 0) is 17.5 Å². The third-order valence-corrected chi connectivity index (χ3v) is 5.93. The maximum absolute atomic E-state index is 13.0. The molecule has 3 aromatic rings. The first kappa shape index (κ1) is 20.8. The summed E-state index contributed by atoms with van der Waals surface area (Å²) in [4.78, 5) is 14.4. The maximum Gasteiger partial charge on any atom is 0.416 e. The lowest BCUT2D eigenvalue weighted by Gasteiger charge is -2.11. The van der Waals surface area contributed by atoms with Gasteiger partial charge in [0.1, 0.15) is 21.6 Å². The Morgan fingerprint density at radius 1 is 1.20 bits per heavy atom. The van der Waals surface area contributed by atoms with Crippen LogP contribution < -0.4 is 0 Å². The number of benzene rings is 1. The van der Waals surface area contributed by atoms with E-state index in [4.69, 9.17) is 32.7 Å². The van der Waals surface area contributed by atoms with Gasteiger partial charge in [0.25, 0.3) is 5.91 Å². The number of carbonyl (C=O) groups is 1. The second-order valence-electron chi connectivity index (χ2n) is 6.24. The van der Waals surface area contributed by atoms with Crippen molar-refractivity contribution in [3.63, 3.8) is 0 Å². The average molecular weight is 470 g/mol. The molecule has 1 fully saturated rings. The molecule has 4 nitrogen and oxygen atoms in total. The van der Waals surface area contributed by atoms with Crippen molar-refractivity contribution in [3.05, 3.63) is 75.7 Å². The maximum atomic E-state index is 13.0. The van der Waals surface area contributed by atoms with Gasteiger partial charge in [-0.3, -0.25) is 9.69 Å². The van der Waals surface area contributed by atoms with Crippen LogP contribution in [0.4, 0.5) is 13.2 Å². The van der Waals surface area contributed by atoms with E-state index in [1.165, 1.54) is 29.4 Å². The van der Waals surface area contributed by atoms with E-state index in [2.05, 4.69) is 0 Å². The molecule has 0 N–H and O–H groups in total. The fourth-order valence-corrected chi connectivity index (χ4v) is 4.24. The zero-order valence-electron chi connectivity index (χ0n) is 14.9. The van der Waals surface area contributed by atoms with Crippen LogP contribution in [0.2, 0.25) is 5.02 Å². The molecule has 0 bridgehead atoms. The predicted octanol–water partition coefficient (Wildman–Crippen LogP) is 6.61. The van der Waals surface area contributed by atoms with E-state index in [9.17, 15) is 18.0 Å². The summed E-state index contributed by atoms with van der Waals surface area (Å²) in [6.45, 7) is 0.207. The van der Waals surface area contributed by atoms with Gasteiger partial charge in [0.2, 0.25) is 0 Å². The lowest BCUT2D eigenvalue weighted by Crippen LogP contribution is -2.27. The first-order chi connectivity index (χ1) is 14.2. The van der Waals surface area contributed by atoms with Crippen LogP contribution >= 0.6 is 35.6 Å². The van der Waals surface area contributed by atoms with Gasteiger partial charge in [0.05, 0.1) is 28.3 Å². The average Bonchev–Trinajstić information content (AvgIpc) is 3.40. The van der Waals surface area contributed by atoms with Crippen LogP contribution in [0, 0.1) is 0 Å². The van der Waals surface area contributed by atoms with Crippen molar-refractivity contribution in [3.8, 4) is 11.3 Å². The van der Waals surface area contributed by atoms with Crippen molar-refractivity contribution in [2.75, 3.05) is 0 Å². The fourth-order valence-electron chi connectivity index (χ4n) is 2.79. The zero-order chi connectivity index (χ0) is 21.5. The lowest BCUT2D eigenvalue weighted by atomic mass is 10.1. The standard InChI is InChI=1S/C20H11ClF3NO3S2/c21-15-5-3-11(20(22,23)24)8-14(15)16-6-4-12(28-16)9-17-18(26)25(19(29)30-17)10-13-2-1-7-27-13/h1-9H,10H2/b17-9-. The molecule has 0 atom stereocenters. The van der Waals surface area contributed by atoms with Crippen LogP contribution in [0.25, 0.3) is 17.4 Å². The molecule has 10 heteroatoms. The fraction of sp³-hybridized carbons (Fsp3) is 0.100. The second kappa shape index (κ2) is 7.98. The van der Waals surface area contributed by atoms with Gasteiger partial charge < -0.3 is 8.83 Å². The monoisotopic (exact) mass is 469 g/mol. The first-order valence-corrected chi connectivity index (χ1v) is 10.1. The van der Waals surface area contributed by atoms with Crippen LogP contribution in [0.5, 0.6) is 0 Å². The predicted molar refractivity (Wildman–Crippen MR) is 112 cm³/mol. The summed E-state index contributed by atoms with van der Waals surface area (Å²) < 4.78 is 50.2. The zero-order valence-corrected chi connectivity index (χ0v) is 17.3. The SMILES string of the molecule is O=C1/C(=C/c2ccc(-c3cc(C(F)(F)F)ccc3Cl)o2)SC(=S)N1Cc1ccco1. The van der Waals surface area contributed by atoms with E-state index in [-0.39, 0.29) is 34.6 Å². The van der Waals surface area contributed by atoms with E-state index >= 15 is 0 Å². The molecule has 0 spiro atoms. The normalized spacial score (nSPS) is 16.1. The van der Waals surface area contributed by atoms with Gasteiger partial charge in [-0.15, -0.1) is 0 Å². The Morgan fingerprint density at radius 2 is 2.00 bits per heavy atom. The van der Waals surface area contributed by atoms with Gasteiger partial charge >= 0.3 is 6.18 Å². The van der Waals surface area contributed by atoms with E-state index in [1.54, 1.807) is 18.2 Å². The highest BCUT2D eigenvalue weighted by molar-refractivity contribution is 8.26. The molecule has 3 heterocycles. The Hall–Kier alpha value is -2.49. The molecule has 30 heavy (non-hydrogen) atoms. The Labute approximate surface area is 183 Å². The third kappa shape index (κ3) is 4.19. The molecule has 0 saturated carbocycles. The number of furan rings is 2. The molecule has 154 valence electrons. The minimum absolute atomic E-state index is 0.108. The highest BCUT2D eigenvalue weighted by atomic mass is 35.5. The number of alkyl halides is 3. The molecule has 0 aliphatic carbocycles. The second-order valence-corrected chi connectivity index (χ2v) is 8.32. The van der Waals surface area contributed by atoms with Crippen molar-refractivity contribution in [1.82, 2.24) is 4.90 Å². The van der Waals surface area contributed by atoms with E-state index in [0.717, 1.165) is 23.9 Å². The molecule has 1 aromatic carbocycles. The van der Waals surface area contributed by atoms with E-state index in [1.807, 2.05) is 0 Å². The molecule has 1 saturated heterocycles. The van der Waals surface area contributed by atoms with Gasteiger partial charge in [0.15, 0.2) is 0 Å². The minimum atomic E-state index is -4.50. The number of amides is 1. The minimum Gasteiger partial charge on any atom is -0.467 e. The molecule has 1 aliphatic rings. The molecular formula is C20H11ClF3NO3S2. The lowest BCUT2D eigenvalue weighted by molar-refractivity contribution is -0.137. The molecule has 1 amide bonds. The van der Waals surface area contributed by atoms with Crippen molar-refractivity contribution >= 4 is 51.9 Å². The van der Waals surface area contributed by atoms with Crippen LogP contribution in [0.3, 0.4) is 0 Å². The Bertz CT molecular complexity index is 1150. The van der Waals surface area contributed by atoms with Crippen molar-refractivity contribution in [1.29, 1.82) is 0 Å². The summed E-state index contributed by atoms with van der Waals surface area (Å²) in [6.07, 6.45) is -1.50. The molecule has 0 radical (unpaired) electrons. The van der Waals surface area contributed by atoms with E-state index < -0.39 is 11.7 Å². The van der Waals surface area contributed by atoms with Gasteiger partial charge in [-0.05, 0) is 42.5 Å². The number of nitrogens with zero attached hydrogens (tertiary/aromatic N) is 1. The summed E-state index contributed by atoms with van der Waals surface area (Å²) >= 11 is 12.4. The number of carbonyl (C=O) groups excluding carboxylic acids is 1. The quantitative estimate of drug-likeness (QED) is 0.317. The summed E-state index contributed by atoms with van der Waals surface area (Å²) in [5, 5.41) is 0.119. The molecule has 1 aliphatic heterocycles. The van der Waals surface area contributed by atoms with E-state index in [0.29, 0.717) is 15.0 Å². The Balaban J connectivity index is 1.59.